The number of aliphatic imine (C=N–C) groups is 1. The van der Waals surface area contributed by atoms with Crippen LogP contribution in [0.15, 0.2) is 59.9 Å². The van der Waals surface area contributed by atoms with E-state index in [2.05, 4.69) is 92.5 Å². The summed E-state index contributed by atoms with van der Waals surface area (Å²) in [7, 11) is 0. The van der Waals surface area contributed by atoms with Crippen LogP contribution < -0.4 is 5.32 Å². The summed E-state index contributed by atoms with van der Waals surface area (Å²) < 4.78 is 0. The number of nitrogens with one attached hydrogen (secondary N) is 2. The van der Waals surface area contributed by atoms with Gasteiger partial charge >= 0.3 is 0 Å². The summed E-state index contributed by atoms with van der Waals surface area (Å²) in [5.74, 6) is 0.341. The van der Waals surface area contributed by atoms with Crippen molar-refractivity contribution in [2.24, 2.45) is 16.3 Å². The van der Waals surface area contributed by atoms with E-state index in [-0.39, 0.29) is 11.3 Å². The Balaban J connectivity index is 1.54. The van der Waals surface area contributed by atoms with Crippen molar-refractivity contribution in [3.63, 3.8) is 0 Å². The minimum absolute atomic E-state index is 0.0370. The predicted octanol–water partition coefficient (Wildman–Crippen LogP) is 7.27. The Bertz CT molecular complexity index is 1490. The molecule has 1 aliphatic rings. The van der Waals surface area contributed by atoms with Crippen LogP contribution >= 0.6 is 0 Å². The molecule has 0 bridgehead atoms. The summed E-state index contributed by atoms with van der Waals surface area (Å²) >= 11 is 0. The quantitative estimate of drug-likeness (QED) is 0.296. The van der Waals surface area contributed by atoms with Gasteiger partial charge in [-0.3, -0.25) is 14.9 Å². The molecule has 0 spiro atoms. The number of hydrogen-bond donors (Lipinski definition) is 2. The van der Waals surface area contributed by atoms with Gasteiger partial charge in [0.05, 0.1) is 23.1 Å². The van der Waals surface area contributed by atoms with Crippen molar-refractivity contribution in [2.75, 3.05) is 5.32 Å². The second-order valence-electron chi connectivity index (χ2n) is 11.2. The normalized spacial score (nSPS) is 15.4. The highest BCUT2D eigenvalue weighted by molar-refractivity contribution is 6.12. The summed E-state index contributed by atoms with van der Waals surface area (Å²) in [6.45, 7) is 10.6. The molecule has 6 nitrogen and oxygen atoms in total. The van der Waals surface area contributed by atoms with Gasteiger partial charge in [-0.2, -0.15) is 5.10 Å². The van der Waals surface area contributed by atoms with E-state index < -0.39 is 0 Å². The van der Waals surface area contributed by atoms with Gasteiger partial charge in [-0.1, -0.05) is 46.8 Å². The molecular formula is C31H35N5O. The lowest BCUT2D eigenvalue weighted by Crippen LogP contribution is -2.21. The van der Waals surface area contributed by atoms with Gasteiger partial charge in [0.2, 0.25) is 5.91 Å². The van der Waals surface area contributed by atoms with E-state index in [1.54, 1.807) is 0 Å². The molecule has 1 unspecified atom stereocenters. The third-order valence-electron chi connectivity index (χ3n) is 6.99. The SMILES string of the molecule is CCc1cc(NC(=O)CC(C)(C)C)cc(-c2ccc3[nH]nc(C4=Nc5cnccc5CC4CC)c3c2)c1. The number of H-pyrrole nitrogens is 1. The molecule has 37 heavy (non-hydrogen) atoms. The molecule has 2 aromatic heterocycles. The minimum atomic E-state index is -0.0627. The van der Waals surface area contributed by atoms with Gasteiger partial charge in [-0.25, -0.2) is 4.99 Å². The molecule has 1 amide bonds. The molecule has 1 atom stereocenters. The molecule has 0 saturated heterocycles. The first-order valence-corrected chi connectivity index (χ1v) is 13.2. The molecule has 0 radical (unpaired) electrons. The Kier molecular flexibility index (Phi) is 6.67. The predicted molar refractivity (Wildman–Crippen MR) is 152 cm³/mol. The number of aryl methyl sites for hydroxylation is 1. The van der Waals surface area contributed by atoms with Gasteiger partial charge in [0.25, 0.3) is 0 Å². The maximum Gasteiger partial charge on any atom is 0.224 e. The van der Waals surface area contributed by atoms with E-state index in [4.69, 9.17) is 10.1 Å². The first-order chi connectivity index (χ1) is 17.7. The average molecular weight is 494 g/mol. The number of hydrogen-bond acceptors (Lipinski definition) is 4. The number of carbonyl (C=O) groups excluding carboxylic acids is 1. The first kappa shape index (κ1) is 24.9. The van der Waals surface area contributed by atoms with Crippen LogP contribution in [0.4, 0.5) is 11.4 Å². The first-order valence-electron chi connectivity index (χ1n) is 13.2. The van der Waals surface area contributed by atoms with E-state index in [0.717, 1.165) is 64.1 Å². The standard InChI is InChI=1S/C31H35N5O/c1-6-19-12-23(15-24(13-19)33-28(37)17-31(3,4)5)21-8-9-26-25(16-21)30(36-35-26)29-20(7-2)14-22-10-11-32-18-27(22)34-29/h8-13,15-16,18,20H,6-7,14,17H2,1-5H3,(H,33,37)(H,35,36). The molecule has 3 heterocycles. The molecule has 6 heteroatoms. The topological polar surface area (TPSA) is 83.0 Å². The fourth-order valence-corrected chi connectivity index (χ4v) is 5.07. The molecule has 2 N–H and O–H groups in total. The highest BCUT2D eigenvalue weighted by Gasteiger charge is 2.26. The molecule has 0 saturated carbocycles. The second kappa shape index (κ2) is 9.92. The van der Waals surface area contributed by atoms with Crippen molar-refractivity contribution >= 4 is 33.9 Å². The average Bonchev–Trinajstić information content (AvgIpc) is 3.29. The van der Waals surface area contributed by atoms with E-state index in [1.807, 2.05) is 12.4 Å². The monoisotopic (exact) mass is 493 g/mol. The van der Waals surface area contributed by atoms with Gasteiger partial charge in [0.15, 0.2) is 0 Å². The highest BCUT2D eigenvalue weighted by atomic mass is 16.1. The van der Waals surface area contributed by atoms with Crippen LogP contribution in [0.3, 0.4) is 0 Å². The molecule has 190 valence electrons. The lowest BCUT2D eigenvalue weighted by Gasteiger charge is -2.22. The number of rotatable bonds is 6. The van der Waals surface area contributed by atoms with Crippen molar-refractivity contribution in [1.82, 2.24) is 15.2 Å². The number of anilines is 1. The third kappa shape index (κ3) is 5.33. The number of carbonyl (C=O) groups is 1. The zero-order chi connectivity index (χ0) is 26.2. The summed E-state index contributed by atoms with van der Waals surface area (Å²) in [6.07, 6.45) is 6.97. The van der Waals surface area contributed by atoms with E-state index in [9.17, 15) is 4.79 Å². The molecule has 2 aromatic carbocycles. The zero-order valence-electron chi connectivity index (χ0n) is 22.4. The number of aromatic amines is 1. The number of fused-ring (bicyclic) bond motifs is 2. The molecule has 5 rings (SSSR count). The summed E-state index contributed by atoms with van der Waals surface area (Å²) in [5, 5.41) is 12.1. The Labute approximate surface area is 218 Å². The van der Waals surface area contributed by atoms with Crippen molar-refractivity contribution in [2.45, 2.75) is 60.3 Å². The molecular weight excluding hydrogens is 458 g/mol. The van der Waals surface area contributed by atoms with Crippen LogP contribution in [-0.2, 0) is 17.6 Å². The Hall–Kier alpha value is -3.80. The van der Waals surface area contributed by atoms with E-state index >= 15 is 0 Å². The molecule has 0 fully saturated rings. The molecule has 1 aliphatic heterocycles. The Morgan fingerprint density at radius 1 is 1.08 bits per heavy atom. The number of nitrogens with zero attached hydrogens (tertiary/aromatic N) is 3. The maximum atomic E-state index is 12.6. The number of benzene rings is 2. The zero-order valence-corrected chi connectivity index (χ0v) is 22.4. The summed E-state index contributed by atoms with van der Waals surface area (Å²) in [4.78, 5) is 21.9. The van der Waals surface area contributed by atoms with Crippen LogP contribution in [-0.4, -0.2) is 26.8 Å². The Morgan fingerprint density at radius 3 is 2.68 bits per heavy atom. The van der Waals surface area contributed by atoms with Crippen molar-refractivity contribution < 1.29 is 4.79 Å². The highest BCUT2D eigenvalue weighted by Crippen LogP contribution is 2.35. The van der Waals surface area contributed by atoms with Crippen LogP contribution in [0.5, 0.6) is 0 Å². The second-order valence-corrected chi connectivity index (χ2v) is 11.2. The lowest BCUT2D eigenvalue weighted by atomic mass is 9.87. The van der Waals surface area contributed by atoms with E-state index in [1.165, 1.54) is 11.1 Å². The van der Waals surface area contributed by atoms with Gasteiger partial charge in [-0.05, 0) is 77.3 Å². The van der Waals surface area contributed by atoms with Crippen LogP contribution in [0.25, 0.3) is 22.0 Å². The van der Waals surface area contributed by atoms with E-state index in [0.29, 0.717) is 12.3 Å². The number of pyridine rings is 1. The Morgan fingerprint density at radius 2 is 1.92 bits per heavy atom. The van der Waals surface area contributed by atoms with Gasteiger partial charge < -0.3 is 5.32 Å². The van der Waals surface area contributed by atoms with Crippen molar-refractivity contribution in [3.05, 3.63) is 71.7 Å². The summed E-state index contributed by atoms with van der Waals surface area (Å²) in [6, 6.07) is 14.8. The molecule has 0 aliphatic carbocycles. The van der Waals surface area contributed by atoms with Gasteiger partial charge in [-0.15, -0.1) is 0 Å². The largest absolute Gasteiger partial charge is 0.326 e. The van der Waals surface area contributed by atoms with Crippen molar-refractivity contribution in [3.8, 4) is 11.1 Å². The van der Waals surface area contributed by atoms with Crippen LogP contribution in [0, 0.1) is 11.3 Å². The smallest absolute Gasteiger partial charge is 0.224 e. The van der Waals surface area contributed by atoms with Gasteiger partial charge in [0.1, 0.15) is 5.69 Å². The summed E-state index contributed by atoms with van der Waals surface area (Å²) in [5.41, 5.74) is 9.20. The number of amides is 1. The number of aromatic nitrogens is 3. The minimum Gasteiger partial charge on any atom is -0.326 e. The third-order valence-corrected chi connectivity index (χ3v) is 6.99. The van der Waals surface area contributed by atoms with Crippen LogP contribution in [0.1, 0.15) is 64.3 Å². The maximum absolute atomic E-state index is 12.6. The van der Waals surface area contributed by atoms with Crippen LogP contribution in [0.2, 0.25) is 0 Å². The van der Waals surface area contributed by atoms with Crippen molar-refractivity contribution in [1.29, 1.82) is 0 Å². The fraction of sp³-hybridized carbons (Fsp3) is 0.355. The molecule has 4 aromatic rings. The fourth-order valence-electron chi connectivity index (χ4n) is 5.07. The lowest BCUT2D eigenvalue weighted by molar-refractivity contribution is -0.117. The van der Waals surface area contributed by atoms with Gasteiger partial charge in [0, 0.05) is 29.6 Å².